The third kappa shape index (κ3) is 4.81. The Hall–Kier alpha value is -3.31. The maximum absolute atomic E-state index is 12.4. The minimum atomic E-state index is -0.561. The van der Waals surface area contributed by atoms with Crippen LogP contribution < -0.4 is 9.54 Å². The molecule has 0 saturated heterocycles. The molecule has 9 nitrogen and oxygen atoms in total. The molecular formula is C19H17N3O6S2. The van der Waals surface area contributed by atoms with Gasteiger partial charge in [0.05, 0.1) is 23.3 Å². The van der Waals surface area contributed by atoms with E-state index < -0.39 is 16.8 Å². The molecule has 3 rings (SSSR count). The van der Waals surface area contributed by atoms with Crippen molar-refractivity contribution in [1.82, 2.24) is 4.57 Å². The topological polar surface area (TPSA) is 113 Å². The van der Waals surface area contributed by atoms with Crippen molar-refractivity contribution >= 4 is 55.8 Å². The number of ether oxygens (including phenoxy) is 2. The second kappa shape index (κ2) is 9.46. The van der Waals surface area contributed by atoms with E-state index in [1.165, 1.54) is 36.7 Å². The van der Waals surface area contributed by atoms with E-state index in [4.69, 9.17) is 9.47 Å². The molecule has 1 aromatic carbocycles. The molecular weight excluding hydrogens is 430 g/mol. The zero-order chi connectivity index (χ0) is 21.7. The number of nitrogens with zero attached hydrogens (tertiary/aromatic N) is 3. The van der Waals surface area contributed by atoms with Crippen LogP contribution in [0.5, 0.6) is 5.75 Å². The molecule has 0 unspecified atom stereocenters. The molecule has 2 heterocycles. The van der Waals surface area contributed by atoms with Crippen LogP contribution in [-0.2, 0) is 20.9 Å². The first-order chi connectivity index (χ1) is 14.4. The van der Waals surface area contributed by atoms with Crippen LogP contribution in [0.3, 0.4) is 0 Å². The van der Waals surface area contributed by atoms with E-state index in [1.54, 1.807) is 23.6 Å². The van der Waals surface area contributed by atoms with Crippen molar-refractivity contribution in [3.63, 3.8) is 0 Å². The summed E-state index contributed by atoms with van der Waals surface area (Å²) in [6.07, 6.45) is 2.69. The number of fused-ring (bicyclic) bond motifs is 1. The largest absolute Gasteiger partial charge is 0.495 e. The number of thiazole rings is 1. The SMILES string of the molecule is CCOC(=O)Cn1c(=NC(=O)/C=C/c2ccc([N+](=O)[O-])s2)sc2cccc(OC)c21. The number of hydrogen-bond acceptors (Lipinski definition) is 8. The lowest BCUT2D eigenvalue weighted by molar-refractivity contribution is -0.380. The third-order valence-electron chi connectivity index (χ3n) is 3.87. The van der Waals surface area contributed by atoms with Gasteiger partial charge in [-0.1, -0.05) is 28.7 Å². The summed E-state index contributed by atoms with van der Waals surface area (Å²) in [5, 5.41) is 10.7. The molecule has 0 fully saturated rings. The molecule has 156 valence electrons. The first kappa shape index (κ1) is 21.4. The van der Waals surface area contributed by atoms with Crippen LogP contribution in [0, 0.1) is 10.1 Å². The molecule has 0 bridgehead atoms. The lowest BCUT2D eigenvalue weighted by Gasteiger charge is -2.08. The number of carbonyl (C=O) groups excluding carboxylic acids is 2. The lowest BCUT2D eigenvalue weighted by atomic mass is 10.3. The maximum Gasteiger partial charge on any atom is 0.326 e. The molecule has 0 atom stereocenters. The Morgan fingerprint density at radius 1 is 1.27 bits per heavy atom. The highest BCUT2D eigenvalue weighted by Crippen LogP contribution is 2.27. The van der Waals surface area contributed by atoms with E-state index in [-0.39, 0.29) is 18.2 Å². The maximum atomic E-state index is 12.4. The molecule has 3 aromatic rings. The highest BCUT2D eigenvalue weighted by molar-refractivity contribution is 7.16. The Labute approximate surface area is 178 Å². The van der Waals surface area contributed by atoms with Gasteiger partial charge in [0.15, 0.2) is 4.80 Å². The molecule has 1 amide bonds. The van der Waals surface area contributed by atoms with Gasteiger partial charge in [-0.05, 0) is 31.2 Å². The number of benzene rings is 1. The van der Waals surface area contributed by atoms with Gasteiger partial charge in [0.1, 0.15) is 17.8 Å². The summed E-state index contributed by atoms with van der Waals surface area (Å²) in [5.41, 5.74) is 0.641. The Bertz CT molecular complexity index is 1200. The Kier molecular flexibility index (Phi) is 6.75. The van der Waals surface area contributed by atoms with Crippen molar-refractivity contribution in [3.8, 4) is 5.75 Å². The number of nitro groups is 1. The van der Waals surface area contributed by atoms with Crippen molar-refractivity contribution in [2.24, 2.45) is 4.99 Å². The van der Waals surface area contributed by atoms with Gasteiger partial charge in [-0.2, -0.15) is 4.99 Å². The normalized spacial score (nSPS) is 11.9. The third-order valence-corrected chi connectivity index (χ3v) is 5.91. The minimum Gasteiger partial charge on any atom is -0.495 e. The molecule has 30 heavy (non-hydrogen) atoms. The van der Waals surface area contributed by atoms with E-state index in [2.05, 4.69) is 4.99 Å². The van der Waals surface area contributed by atoms with Crippen LogP contribution in [0.15, 0.2) is 41.4 Å². The van der Waals surface area contributed by atoms with Gasteiger partial charge in [0, 0.05) is 17.0 Å². The monoisotopic (exact) mass is 447 g/mol. The van der Waals surface area contributed by atoms with Crippen LogP contribution in [0.1, 0.15) is 11.8 Å². The second-order valence-electron chi connectivity index (χ2n) is 5.80. The molecule has 11 heteroatoms. The summed E-state index contributed by atoms with van der Waals surface area (Å²) in [4.78, 5) is 39.7. The van der Waals surface area contributed by atoms with Crippen molar-refractivity contribution in [2.45, 2.75) is 13.5 Å². The molecule has 0 aliphatic heterocycles. The predicted molar refractivity (Wildman–Crippen MR) is 114 cm³/mol. The number of hydrogen-bond donors (Lipinski definition) is 0. The molecule has 0 spiro atoms. The number of esters is 1. The summed E-state index contributed by atoms with van der Waals surface area (Å²) in [6.45, 7) is 1.82. The Balaban J connectivity index is 1.99. The fraction of sp³-hybridized carbons (Fsp3) is 0.211. The van der Waals surface area contributed by atoms with Crippen LogP contribution in [0.2, 0.25) is 0 Å². The zero-order valence-electron chi connectivity index (χ0n) is 16.1. The number of rotatable bonds is 7. The summed E-state index contributed by atoms with van der Waals surface area (Å²) >= 11 is 2.19. The molecule has 0 N–H and O–H groups in total. The van der Waals surface area contributed by atoms with E-state index >= 15 is 0 Å². The highest BCUT2D eigenvalue weighted by Gasteiger charge is 2.15. The molecule has 0 aliphatic rings. The van der Waals surface area contributed by atoms with Crippen molar-refractivity contribution in [2.75, 3.05) is 13.7 Å². The van der Waals surface area contributed by atoms with Gasteiger partial charge in [0.2, 0.25) is 0 Å². The van der Waals surface area contributed by atoms with E-state index in [0.29, 0.717) is 20.9 Å². The number of aromatic nitrogens is 1. The fourth-order valence-electron chi connectivity index (χ4n) is 2.64. The first-order valence-corrected chi connectivity index (χ1v) is 10.4. The van der Waals surface area contributed by atoms with Gasteiger partial charge in [-0.25, -0.2) is 0 Å². The lowest BCUT2D eigenvalue weighted by Crippen LogP contribution is -2.23. The molecule has 2 aromatic heterocycles. The van der Waals surface area contributed by atoms with Gasteiger partial charge < -0.3 is 14.0 Å². The fourth-order valence-corrected chi connectivity index (χ4v) is 4.42. The number of carbonyl (C=O) groups is 2. The summed E-state index contributed by atoms with van der Waals surface area (Å²) < 4.78 is 12.8. The number of para-hydroxylation sites is 1. The van der Waals surface area contributed by atoms with Gasteiger partial charge in [-0.3, -0.25) is 19.7 Å². The number of methoxy groups -OCH3 is 1. The number of thiophene rings is 1. The summed E-state index contributed by atoms with van der Waals surface area (Å²) in [6, 6.07) is 8.33. The molecule has 0 saturated carbocycles. The number of amides is 1. The predicted octanol–water partition coefficient (Wildman–Crippen LogP) is 3.38. The van der Waals surface area contributed by atoms with Crippen LogP contribution in [0.25, 0.3) is 16.3 Å². The summed E-state index contributed by atoms with van der Waals surface area (Å²) in [5.74, 6) is -0.476. The van der Waals surface area contributed by atoms with Gasteiger partial charge in [-0.15, -0.1) is 0 Å². The van der Waals surface area contributed by atoms with E-state index in [0.717, 1.165) is 16.0 Å². The van der Waals surface area contributed by atoms with Gasteiger partial charge in [0.25, 0.3) is 5.91 Å². The van der Waals surface area contributed by atoms with Crippen molar-refractivity contribution < 1.29 is 24.0 Å². The van der Waals surface area contributed by atoms with Crippen LogP contribution in [-0.4, -0.2) is 35.1 Å². The van der Waals surface area contributed by atoms with E-state index in [1.807, 2.05) is 12.1 Å². The van der Waals surface area contributed by atoms with Crippen molar-refractivity contribution in [1.29, 1.82) is 0 Å². The minimum absolute atomic E-state index is 0.0112. The van der Waals surface area contributed by atoms with Crippen LogP contribution in [0.4, 0.5) is 5.00 Å². The smallest absolute Gasteiger partial charge is 0.326 e. The Morgan fingerprint density at radius 2 is 2.07 bits per heavy atom. The first-order valence-electron chi connectivity index (χ1n) is 8.76. The quantitative estimate of drug-likeness (QED) is 0.237. The van der Waals surface area contributed by atoms with Crippen LogP contribution >= 0.6 is 22.7 Å². The average molecular weight is 447 g/mol. The summed E-state index contributed by atoms with van der Waals surface area (Å²) in [7, 11) is 1.52. The van der Waals surface area contributed by atoms with E-state index in [9.17, 15) is 19.7 Å². The average Bonchev–Trinajstić information content (AvgIpc) is 3.32. The van der Waals surface area contributed by atoms with Gasteiger partial charge >= 0.3 is 11.0 Å². The Morgan fingerprint density at radius 3 is 2.73 bits per heavy atom. The molecule has 0 radical (unpaired) electrons. The highest BCUT2D eigenvalue weighted by atomic mass is 32.1. The zero-order valence-corrected chi connectivity index (χ0v) is 17.7. The molecule has 0 aliphatic carbocycles. The second-order valence-corrected chi connectivity index (χ2v) is 7.90. The standard InChI is InChI=1S/C19H17N3O6S2/c1-3-28-17(24)11-21-18-13(27-2)5-4-6-14(18)30-19(21)20-15(23)9-7-12-8-10-16(29-12)22(25)26/h4-10H,3,11H2,1-2H3/b9-7+,20-19?. The van der Waals surface area contributed by atoms with Crippen molar-refractivity contribution in [3.05, 3.63) is 56.2 Å².